The van der Waals surface area contributed by atoms with Gasteiger partial charge in [-0.25, -0.2) is 0 Å². The molecule has 104 valence electrons. The topological polar surface area (TPSA) is 59.0 Å². The van der Waals surface area contributed by atoms with Crippen LogP contribution in [0.4, 0.5) is 0 Å². The Labute approximate surface area is 112 Å². The van der Waals surface area contributed by atoms with Crippen LogP contribution in [0.1, 0.15) is 23.7 Å². The second-order valence-corrected chi connectivity index (χ2v) is 4.54. The van der Waals surface area contributed by atoms with Crippen molar-refractivity contribution in [2.45, 2.75) is 19.4 Å². The third-order valence-electron chi connectivity index (χ3n) is 3.32. The van der Waals surface area contributed by atoms with Crippen molar-refractivity contribution in [3.63, 3.8) is 0 Å². The van der Waals surface area contributed by atoms with E-state index in [1.165, 1.54) is 13.2 Å². The maximum Gasteiger partial charge on any atom is 0.257 e. The summed E-state index contributed by atoms with van der Waals surface area (Å²) in [7, 11) is 1.53. The number of rotatable bonds is 3. The second-order valence-electron chi connectivity index (χ2n) is 4.54. The van der Waals surface area contributed by atoms with Crippen molar-refractivity contribution in [2.24, 2.45) is 0 Å². The number of aromatic hydroxyl groups is 1. The molecule has 0 radical (unpaired) electrons. The van der Waals surface area contributed by atoms with Crippen LogP contribution >= 0.6 is 0 Å². The number of carbonyl (C=O) groups excluding carboxylic acids is 1. The fraction of sp³-hybridized carbons (Fsp3) is 0.500. The zero-order valence-corrected chi connectivity index (χ0v) is 11.3. The average molecular weight is 265 g/mol. The monoisotopic (exact) mass is 265 g/mol. The molecule has 1 aliphatic heterocycles. The molecule has 0 bridgehead atoms. The number of amides is 1. The summed E-state index contributed by atoms with van der Waals surface area (Å²) in [5, 5.41) is 9.82. The Bertz CT molecular complexity index is 461. The third kappa shape index (κ3) is 2.98. The van der Waals surface area contributed by atoms with Gasteiger partial charge >= 0.3 is 0 Å². The van der Waals surface area contributed by atoms with Crippen LogP contribution in [-0.2, 0) is 4.74 Å². The highest BCUT2D eigenvalue weighted by Gasteiger charge is 2.25. The van der Waals surface area contributed by atoms with Crippen molar-refractivity contribution in [2.75, 3.05) is 26.8 Å². The standard InChI is InChI=1S/C14H19NO4/c1-3-10-9-15(6-7-19-10)14(17)12-8-11(18-2)4-5-13(12)16/h4-5,8,10,16H,3,6-7,9H2,1-2H3. The van der Waals surface area contributed by atoms with E-state index in [1.807, 2.05) is 6.92 Å². The van der Waals surface area contributed by atoms with Gasteiger partial charge in [0, 0.05) is 13.1 Å². The molecule has 1 aromatic carbocycles. The minimum absolute atomic E-state index is 0.0228. The molecule has 0 aliphatic carbocycles. The zero-order chi connectivity index (χ0) is 13.8. The van der Waals surface area contributed by atoms with Gasteiger partial charge in [-0.2, -0.15) is 0 Å². The van der Waals surface area contributed by atoms with Gasteiger partial charge in [0.05, 0.1) is 25.4 Å². The van der Waals surface area contributed by atoms with E-state index in [2.05, 4.69) is 0 Å². The smallest absolute Gasteiger partial charge is 0.257 e. The summed E-state index contributed by atoms with van der Waals surface area (Å²) in [5.74, 6) is 0.352. The molecule has 1 fully saturated rings. The Morgan fingerprint density at radius 3 is 3.05 bits per heavy atom. The number of phenolic OH excluding ortho intramolecular Hbond substituents is 1. The van der Waals surface area contributed by atoms with Gasteiger partial charge in [-0.15, -0.1) is 0 Å². The van der Waals surface area contributed by atoms with E-state index in [-0.39, 0.29) is 23.3 Å². The van der Waals surface area contributed by atoms with Crippen LogP contribution in [0.15, 0.2) is 18.2 Å². The van der Waals surface area contributed by atoms with Crippen molar-refractivity contribution >= 4 is 5.91 Å². The summed E-state index contributed by atoms with van der Waals surface area (Å²) in [5.41, 5.74) is 0.274. The number of carbonyl (C=O) groups is 1. The molecule has 19 heavy (non-hydrogen) atoms. The van der Waals surface area contributed by atoms with Crippen LogP contribution in [-0.4, -0.2) is 48.8 Å². The lowest BCUT2D eigenvalue weighted by Gasteiger charge is -2.32. The lowest BCUT2D eigenvalue weighted by atomic mass is 10.1. The highest BCUT2D eigenvalue weighted by molar-refractivity contribution is 5.97. The van der Waals surface area contributed by atoms with Crippen LogP contribution in [0.3, 0.4) is 0 Å². The number of nitrogens with zero attached hydrogens (tertiary/aromatic N) is 1. The Morgan fingerprint density at radius 1 is 1.58 bits per heavy atom. The summed E-state index contributed by atoms with van der Waals surface area (Å²) in [6.07, 6.45) is 0.943. The SMILES string of the molecule is CCC1CN(C(=O)c2cc(OC)ccc2O)CCO1. The van der Waals surface area contributed by atoms with E-state index in [0.717, 1.165) is 6.42 Å². The molecule has 5 nitrogen and oxygen atoms in total. The fourth-order valence-corrected chi connectivity index (χ4v) is 2.13. The third-order valence-corrected chi connectivity index (χ3v) is 3.32. The number of morpholine rings is 1. The number of hydrogen-bond donors (Lipinski definition) is 1. The quantitative estimate of drug-likeness (QED) is 0.902. The van der Waals surface area contributed by atoms with Crippen molar-refractivity contribution in [3.8, 4) is 11.5 Å². The molecule has 1 aromatic rings. The van der Waals surface area contributed by atoms with Gasteiger partial charge < -0.3 is 19.5 Å². The zero-order valence-electron chi connectivity index (χ0n) is 11.3. The first-order chi connectivity index (χ1) is 9.15. The van der Waals surface area contributed by atoms with E-state index in [1.54, 1.807) is 17.0 Å². The molecule has 1 unspecified atom stereocenters. The minimum atomic E-state index is -0.182. The van der Waals surface area contributed by atoms with Gasteiger partial charge in [0.2, 0.25) is 0 Å². The van der Waals surface area contributed by atoms with Crippen LogP contribution in [0.2, 0.25) is 0 Å². The highest BCUT2D eigenvalue weighted by atomic mass is 16.5. The Hall–Kier alpha value is -1.75. The maximum absolute atomic E-state index is 12.4. The summed E-state index contributed by atoms with van der Waals surface area (Å²) < 4.78 is 10.6. The summed E-state index contributed by atoms with van der Waals surface area (Å²) >= 11 is 0. The fourth-order valence-electron chi connectivity index (χ4n) is 2.13. The van der Waals surface area contributed by atoms with Crippen LogP contribution < -0.4 is 4.74 Å². The van der Waals surface area contributed by atoms with Gasteiger partial charge in [0.15, 0.2) is 0 Å². The molecule has 0 spiro atoms. The predicted molar refractivity (Wildman–Crippen MR) is 70.6 cm³/mol. The minimum Gasteiger partial charge on any atom is -0.507 e. The Morgan fingerprint density at radius 2 is 2.37 bits per heavy atom. The number of methoxy groups -OCH3 is 1. The van der Waals surface area contributed by atoms with Gasteiger partial charge in [-0.3, -0.25) is 4.79 Å². The average Bonchev–Trinajstić information content (AvgIpc) is 2.47. The highest BCUT2D eigenvalue weighted by Crippen LogP contribution is 2.25. The number of ether oxygens (including phenoxy) is 2. The van der Waals surface area contributed by atoms with Gasteiger partial charge in [-0.1, -0.05) is 6.92 Å². The number of hydrogen-bond acceptors (Lipinski definition) is 4. The summed E-state index contributed by atoms with van der Waals surface area (Å²) in [6.45, 7) is 3.68. The Kier molecular flexibility index (Phi) is 4.27. The molecule has 2 rings (SSSR count). The Balaban J connectivity index is 2.18. The van der Waals surface area contributed by atoms with Crippen LogP contribution in [0.5, 0.6) is 11.5 Å². The first kappa shape index (κ1) is 13.7. The van der Waals surface area contributed by atoms with Gasteiger partial charge in [-0.05, 0) is 24.6 Å². The van der Waals surface area contributed by atoms with E-state index in [9.17, 15) is 9.90 Å². The van der Waals surface area contributed by atoms with Crippen molar-refractivity contribution in [3.05, 3.63) is 23.8 Å². The van der Waals surface area contributed by atoms with E-state index < -0.39 is 0 Å². The van der Waals surface area contributed by atoms with Crippen molar-refractivity contribution in [1.29, 1.82) is 0 Å². The van der Waals surface area contributed by atoms with Crippen LogP contribution in [0.25, 0.3) is 0 Å². The maximum atomic E-state index is 12.4. The normalized spacial score (nSPS) is 19.3. The first-order valence-corrected chi connectivity index (χ1v) is 6.43. The lowest BCUT2D eigenvalue weighted by Crippen LogP contribution is -2.45. The molecule has 1 aliphatic rings. The molecule has 5 heteroatoms. The molecule has 1 amide bonds. The van der Waals surface area contributed by atoms with Crippen molar-refractivity contribution < 1.29 is 19.4 Å². The number of benzene rings is 1. The molecule has 1 saturated heterocycles. The molecular weight excluding hydrogens is 246 g/mol. The number of phenols is 1. The predicted octanol–water partition coefficient (Wildman–Crippen LogP) is 1.65. The van der Waals surface area contributed by atoms with E-state index >= 15 is 0 Å². The molecule has 1 N–H and O–H groups in total. The molecular formula is C14H19NO4. The molecule has 1 atom stereocenters. The van der Waals surface area contributed by atoms with Gasteiger partial charge in [0.1, 0.15) is 11.5 Å². The first-order valence-electron chi connectivity index (χ1n) is 6.43. The largest absolute Gasteiger partial charge is 0.507 e. The molecule has 0 saturated carbocycles. The van der Waals surface area contributed by atoms with Crippen LogP contribution in [0, 0.1) is 0 Å². The second kappa shape index (κ2) is 5.93. The van der Waals surface area contributed by atoms with Gasteiger partial charge in [0.25, 0.3) is 5.91 Å². The lowest BCUT2D eigenvalue weighted by molar-refractivity contribution is -0.0227. The summed E-state index contributed by atoms with van der Waals surface area (Å²) in [4.78, 5) is 14.1. The van der Waals surface area contributed by atoms with Crippen molar-refractivity contribution in [1.82, 2.24) is 4.90 Å². The van der Waals surface area contributed by atoms with E-state index in [0.29, 0.717) is 25.4 Å². The molecule has 0 aromatic heterocycles. The summed E-state index contributed by atoms with van der Waals surface area (Å²) in [6, 6.07) is 4.66. The molecule has 1 heterocycles. The van der Waals surface area contributed by atoms with E-state index in [4.69, 9.17) is 9.47 Å².